The number of halogens is 3. The van der Waals surface area contributed by atoms with Crippen molar-refractivity contribution in [2.75, 3.05) is 0 Å². The number of hydrogen-bond acceptors (Lipinski definition) is 2. The molecule has 3 nitrogen and oxygen atoms in total. The largest absolute Gasteiger partial charge is 0.324 e. The molecule has 0 radical (unpaired) electrons. The second kappa shape index (κ2) is 7.14. The first-order valence-electron chi connectivity index (χ1n) is 6.93. The van der Waals surface area contributed by atoms with Gasteiger partial charge in [0.05, 0.1) is 21.4 Å². The van der Waals surface area contributed by atoms with Gasteiger partial charge in [0.1, 0.15) is 0 Å². The summed E-state index contributed by atoms with van der Waals surface area (Å²) in [5.74, 6) is 0. The third kappa shape index (κ3) is 3.45. The predicted molar refractivity (Wildman–Crippen MR) is 92.1 cm³/mol. The minimum Gasteiger partial charge on any atom is -0.324 e. The third-order valence-corrected chi connectivity index (χ3v) is 5.24. The van der Waals surface area contributed by atoms with Crippen molar-refractivity contribution in [2.24, 2.45) is 5.73 Å². The first-order chi connectivity index (χ1) is 9.99. The van der Waals surface area contributed by atoms with E-state index in [9.17, 15) is 0 Å². The van der Waals surface area contributed by atoms with E-state index in [2.05, 4.69) is 21.0 Å². The van der Waals surface area contributed by atoms with E-state index in [4.69, 9.17) is 28.9 Å². The Morgan fingerprint density at radius 2 is 2.00 bits per heavy atom. The summed E-state index contributed by atoms with van der Waals surface area (Å²) in [6.45, 7) is 4.86. The Bertz CT molecular complexity index is 640. The van der Waals surface area contributed by atoms with Crippen LogP contribution in [-0.2, 0) is 19.4 Å². The number of benzene rings is 1. The molecule has 114 valence electrons. The lowest BCUT2D eigenvalue weighted by Gasteiger charge is -2.15. The average molecular weight is 391 g/mol. The van der Waals surface area contributed by atoms with Crippen LogP contribution in [0.25, 0.3) is 0 Å². The van der Waals surface area contributed by atoms with Crippen LogP contribution in [0.4, 0.5) is 0 Å². The van der Waals surface area contributed by atoms with Crippen molar-refractivity contribution in [1.82, 2.24) is 9.78 Å². The highest BCUT2D eigenvalue weighted by Crippen LogP contribution is 2.32. The molecule has 0 aliphatic rings. The van der Waals surface area contributed by atoms with Crippen LogP contribution in [0.5, 0.6) is 0 Å². The molecule has 1 heterocycles. The van der Waals surface area contributed by atoms with Crippen LogP contribution >= 0.6 is 39.1 Å². The maximum Gasteiger partial charge on any atom is 0.0850 e. The first kappa shape index (κ1) is 16.8. The monoisotopic (exact) mass is 389 g/mol. The lowest BCUT2D eigenvalue weighted by Crippen LogP contribution is -2.17. The highest BCUT2D eigenvalue weighted by Gasteiger charge is 2.19. The summed E-state index contributed by atoms with van der Waals surface area (Å²) in [5.41, 5.74) is 9.13. The SMILES string of the molecule is CCc1nn(CC)c(CC(N)c2cccc(Br)c2Cl)c1Cl. The summed E-state index contributed by atoms with van der Waals surface area (Å²) in [7, 11) is 0. The molecule has 0 fully saturated rings. The molecule has 2 aromatic rings. The minimum atomic E-state index is -0.223. The Morgan fingerprint density at radius 3 is 2.62 bits per heavy atom. The molecule has 2 N–H and O–H groups in total. The van der Waals surface area contributed by atoms with Crippen molar-refractivity contribution in [3.8, 4) is 0 Å². The highest BCUT2D eigenvalue weighted by molar-refractivity contribution is 9.10. The van der Waals surface area contributed by atoms with Gasteiger partial charge in [-0.25, -0.2) is 0 Å². The third-order valence-electron chi connectivity index (χ3n) is 3.49. The fourth-order valence-electron chi connectivity index (χ4n) is 2.34. The minimum absolute atomic E-state index is 0.223. The zero-order chi connectivity index (χ0) is 15.6. The molecule has 1 atom stereocenters. The van der Waals surface area contributed by atoms with Crippen LogP contribution in [0.2, 0.25) is 10.0 Å². The van der Waals surface area contributed by atoms with Crippen molar-refractivity contribution >= 4 is 39.1 Å². The van der Waals surface area contributed by atoms with Crippen molar-refractivity contribution in [1.29, 1.82) is 0 Å². The second-order valence-corrected chi connectivity index (χ2v) is 6.44. The van der Waals surface area contributed by atoms with Gasteiger partial charge < -0.3 is 5.73 Å². The lowest BCUT2D eigenvalue weighted by atomic mass is 10.0. The zero-order valence-corrected chi connectivity index (χ0v) is 15.1. The number of aryl methyl sites for hydroxylation is 2. The van der Waals surface area contributed by atoms with Gasteiger partial charge in [0.2, 0.25) is 0 Å². The molecule has 1 aromatic heterocycles. The quantitative estimate of drug-likeness (QED) is 0.798. The molecule has 1 unspecified atom stereocenters. The van der Waals surface area contributed by atoms with E-state index in [1.807, 2.05) is 36.7 Å². The molecule has 0 saturated carbocycles. The van der Waals surface area contributed by atoms with Gasteiger partial charge in [0, 0.05) is 23.5 Å². The molecule has 2 rings (SSSR count). The molecule has 0 saturated heterocycles. The van der Waals surface area contributed by atoms with E-state index in [-0.39, 0.29) is 6.04 Å². The van der Waals surface area contributed by atoms with E-state index in [1.54, 1.807) is 0 Å². The summed E-state index contributed by atoms with van der Waals surface area (Å²) < 4.78 is 2.77. The van der Waals surface area contributed by atoms with E-state index in [0.717, 1.165) is 39.4 Å². The normalized spacial score (nSPS) is 12.7. The number of nitrogens with zero attached hydrogens (tertiary/aromatic N) is 2. The maximum atomic E-state index is 6.43. The Balaban J connectivity index is 2.33. The topological polar surface area (TPSA) is 43.8 Å². The second-order valence-electron chi connectivity index (χ2n) is 4.83. The van der Waals surface area contributed by atoms with Gasteiger partial charge in [-0.15, -0.1) is 0 Å². The van der Waals surface area contributed by atoms with Gasteiger partial charge in [-0.1, -0.05) is 42.3 Å². The standard InChI is InChI=1S/C15H18BrCl2N3/c1-3-12-15(18)13(21(4-2)20-12)8-11(19)9-6-5-7-10(16)14(9)17/h5-7,11H,3-4,8,19H2,1-2H3. The van der Waals surface area contributed by atoms with Crippen LogP contribution in [0.1, 0.15) is 36.8 Å². The van der Waals surface area contributed by atoms with Crippen LogP contribution < -0.4 is 5.73 Å². The first-order valence-corrected chi connectivity index (χ1v) is 8.47. The molecule has 0 amide bonds. The lowest BCUT2D eigenvalue weighted by molar-refractivity contribution is 0.585. The van der Waals surface area contributed by atoms with Gasteiger partial charge >= 0.3 is 0 Å². The molecule has 0 aliphatic heterocycles. The molecule has 0 bridgehead atoms. The van der Waals surface area contributed by atoms with Gasteiger partial charge in [0.15, 0.2) is 0 Å². The summed E-state index contributed by atoms with van der Waals surface area (Å²) in [5, 5.41) is 5.90. The maximum absolute atomic E-state index is 6.43. The Labute approximate surface area is 143 Å². The van der Waals surface area contributed by atoms with E-state index >= 15 is 0 Å². The molecular weight excluding hydrogens is 373 g/mol. The van der Waals surface area contributed by atoms with Crippen molar-refractivity contribution in [3.05, 3.63) is 49.7 Å². The van der Waals surface area contributed by atoms with E-state index < -0.39 is 0 Å². The predicted octanol–water partition coefficient (Wildman–Crippen LogP) is 4.78. The Kier molecular flexibility index (Phi) is 5.72. The molecule has 21 heavy (non-hydrogen) atoms. The number of rotatable bonds is 5. The fraction of sp³-hybridized carbons (Fsp3) is 0.400. The zero-order valence-electron chi connectivity index (χ0n) is 12.0. The van der Waals surface area contributed by atoms with Gasteiger partial charge in [-0.2, -0.15) is 5.10 Å². The van der Waals surface area contributed by atoms with Crippen molar-refractivity contribution in [3.63, 3.8) is 0 Å². The van der Waals surface area contributed by atoms with E-state index in [1.165, 1.54) is 0 Å². The van der Waals surface area contributed by atoms with Gasteiger partial charge in [0.25, 0.3) is 0 Å². The van der Waals surface area contributed by atoms with Crippen molar-refractivity contribution in [2.45, 2.75) is 39.3 Å². The summed E-state index contributed by atoms with van der Waals surface area (Å²) in [6.07, 6.45) is 1.42. The molecule has 6 heteroatoms. The van der Waals surface area contributed by atoms with Gasteiger partial charge in [-0.3, -0.25) is 4.68 Å². The number of aromatic nitrogens is 2. The Hall–Kier alpha value is -0.550. The highest BCUT2D eigenvalue weighted by atomic mass is 79.9. The van der Waals surface area contributed by atoms with Crippen LogP contribution in [-0.4, -0.2) is 9.78 Å². The number of nitrogens with two attached hydrogens (primary N) is 1. The molecule has 0 spiro atoms. The van der Waals surface area contributed by atoms with E-state index in [0.29, 0.717) is 11.4 Å². The summed E-state index contributed by atoms with van der Waals surface area (Å²) in [4.78, 5) is 0. The van der Waals surface area contributed by atoms with Crippen molar-refractivity contribution < 1.29 is 0 Å². The summed E-state index contributed by atoms with van der Waals surface area (Å²) >= 11 is 16.2. The molecular formula is C15H18BrCl2N3. The van der Waals surface area contributed by atoms with Gasteiger partial charge in [-0.05, 0) is 40.9 Å². The molecule has 1 aromatic carbocycles. The smallest absolute Gasteiger partial charge is 0.0850 e. The fourth-order valence-corrected chi connectivity index (χ4v) is 3.33. The van der Waals surface area contributed by atoms with Crippen LogP contribution in [0.3, 0.4) is 0 Å². The summed E-state index contributed by atoms with van der Waals surface area (Å²) in [6, 6.07) is 5.55. The molecule has 0 aliphatic carbocycles. The van der Waals surface area contributed by atoms with Crippen LogP contribution in [0.15, 0.2) is 22.7 Å². The Morgan fingerprint density at radius 1 is 1.29 bits per heavy atom. The number of hydrogen-bond donors (Lipinski definition) is 1. The van der Waals surface area contributed by atoms with Crippen LogP contribution in [0, 0.1) is 0 Å². The average Bonchev–Trinajstić information content (AvgIpc) is 2.78.